The minimum absolute atomic E-state index is 0.0504. The molecule has 3 atom stereocenters. The Bertz CT molecular complexity index is 1970. The fraction of sp³-hybridized carbons (Fsp3) is 0.290. The number of sulfonamides is 1. The number of anilines is 2. The SMILES string of the molecule is CC(NC(=O)C1CCCN1S(=O)(=O)c1cnc2n1C(C)(Cc1ccc(-c3cncnc3)cc1)C(=O)N2c1cc(Cl)cc(Cl)c1)C(N)=O. The molecule has 13 nitrogen and oxygen atoms in total. The molecule has 4 heterocycles. The van der Waals surface area contributed by atoms with E-state index in [2.05, 4.69) is 20.3 Å². The van der Waals surface area contributed by atoms with Crippen molar-refractivity contribution in [1.29, 1.82) is 0 Å². The van der Waals surface area contributed by atoms with Crippen molar-refractivity contribution >= 4 is 62.6 Å². The van der Waals surface area contributed by atoms with Crippen LogP contribution in [0.25, 0.3) is 11.1 Å². The van der Waals surface area contributed by atoms with Gasteiger partial charge in [0.05, 0.1) is 11.9 Å². The molecule has 3 amide bonds. The minimum atomic E-state index is -4.41. The van der Waals surface area contributed by atoms with Gasteiger partial charge in [0.25, 0.3) is 15.9 Å². The summed E-state index contributed by atoms with van der Waals surface area (Å²) in [7, 11) is -4.41. The summed E-state index contributed by atoms with van der Waals surface area (Å²) >= 11 is 12.6. The molecule has 2 aromatic carbocycles. The van der Waals surface area contributed by atoms with E-state index in [4.69, 9.17) is 28.9 Å². The van der Waals surface area contributed by atoms with E-state index in [9.17, 15) is 22.8 Å². The first-order valence-corrected chi connectivity index (χ1v) is 16.9. The third-order valence-corrected chi connectivity index (χ3v) is 10.7. The highest BCUT2D eigenvalue weighted by Gasteiger charge is 2.53. The van der Waals surface area contributed by atoms with Crippen molar-refractivity contribution in [2.24, 2.45) is 5.73 Å². The van der Waals surface area contributed by atoms with Crippen LogP contribution in [0.2, 0.25) is 10.0 Å². The number of halogens is 2. The van der Waals surface area contributed by atoms with Gasteiger partial charge in [0.15, 0.2) is 5.03 Å². The zero-order valence-corrected chi connectivity index (χ0v) is 27.6. The van der Waals surface area contributed by atoms with E-state index >= 15 is 0 Å². The van der Waals surface area contributed by atoms with Crippen LogP contribution >= 0.6 is 23.2 Å². The smallest absolute Gasteiger partial charge is 0.261 e. The Kier molecular flexibility index (Phi) is 8.55. The van der Waals surface area contributed by atoms with E-state index in [-0.39, 0.29) is 40.4 Å². The molecule has 244 valence electrons. The third-order valence-electron chi connectivity index (χ3n) is 8.43. The van der Waals surface area contributed by atoms with Crippen LogP contribution in [0.15, 0.2) is 72.4 Å². The first kappa shape index (κ1) is 32.6. The molecule has 47 heavy (non-hydrogen) atoms. The fourth-order valence-corrected chi connectivity index (χ4v) is 8.43. The molecule has 0 bridgehead atoms. The lowest BCUT2D eigenvalue weighted by molar-refractivity contribution is -0.129. The van der Waals surface area contributed by atoms with Crippen LogP contribution in [0, 0.1) is 0 Å². The van der Waals surface area contributed by atoms with Crippen molar-refractivity contribution in [1.82, 2.24) is 29.1 Å². The monoisotopic (exact) mass is 696 g/mol. The zero-order chi connectivity index (χ0) is 33.7. The second kappa shape index (κ2) is 12.3. The van der Waals surface area contributed by atoms with E-state index < -0.39 is 45.4 Å². The lowest BCUT2D eigenvalue weighted by Crippen LogP contribution is -2.51. The Morgan fingerprint density at radius 1 is 1.06 bits per heavy atom. The Balaban J connectivity index is 1.43. The molecule has 0 saturated carbocycles. The lowest BCUT2D eigenvalue weighted by atomic mass is 9.91. The van der Waals surface area contributed by atoms with Crippen LogP contribution in [0.4, 0.5) is 11.6 Å². The van der Waals surface area contributed by atoms with Gasteiger partial charge in [0.1, 0.15) is 23.9 Å². The molecule has 2 aliphatic rings. The van der Waals surface area contributed by atoms with Crippen LogP contribution in [0.1, 0.15) is 32.3 Å². The van der Waals surface area contributed by atoms with E-state index in [1.807, 2.05) is 24.3 Å². The Hall–Kier alpha value is -4.37. The predicted octanol–water partition coefficient (Wildman–Crippen LogP) is 3.43. The lowest BCUT2D eigenvalue weighted by Gasteiger charge is -2.29. The van der Waals surface area contributed by atoms with Crippen molar-refractivity contribution in [3.8, 4) is 11.1 Å². The molecule has 0 aliphatic carbocycles. The number of imidazole rings is 1. The molecule has 6 rings (SSSR count). The second-order valence-corrected chi connectivity index (χ2v) is 14.4. The van der Waals surface area contributed by atoms with Crippen LogP contribution in [-0.2, 0) is 36.4 Å². The molecule has 1 saturated heterocycles. The highest BCUT2D eigenvalue weighted by Crippen LogP contribution is 2.45. The summed E-state index contributed by atoms with van der Waals surface area (Å²) in [4.78, 5) is 53.0. The molecule has 3 N–H and O–H groups in total. The maximum Gasteiger partial charge on any atom is 0.261 e. The number of carbonyl (C=O) groups is 3. The molecule has 3 unspecified atom stereocenters. The molecule has 1 fully saturated rings. The van der Waals surface area contributed by atoms with Gasteiger partial charge in [-0.15, -0.1) is 0 Å². The molecule has 4 aromatic rings. The third kappa shape index (κ3) is 5.86. The number of aromatic nitrogens is 4. The van der Waals surface area contributed by atoms with E-state index in [0.29, 0.717) is 12.1 Å². The van der Waals surface area contributed by atoms with Gasteiger partial charge in [-0.3, -0.25) is 19.0 Å². The number of hydrogen-bond donors (Lipinski definition) is 2. The summed E-state index contributed by atoms with van der Waals surface area (Å²) in [6.45, 7) is 3.12. The van der Waals surface area contributed by atoms with Crippen molar-refractivity contribution in [3.63, 3.8) is 0 Å². The summed E-state index contributed by atoms with van der Waals surface area (Å²) in [5, 5.41) is 2.78. The summed E-state index contributed by atoms with van der Waals surface area (Å²) in [5.74, 6) is -1.80. The van der Waals surface area contributed by atoms with Gasteiger partial charge >= 0.3 is 0 Å². The summed E-state index contributed by atoms with van der Waals surface area (Å²) in [6.07, 6.45) is 6.74. The first-order chi connectivity index (χ1) is 22.3. The van der Waals surface area contributed by atoms with E-state index in [1.165, 1.54) is 35.0 Å². The molecular weight excluding hydrogens is 667 g/mol. The molecule has 2 aromatic heterocycles. The van der Waals surface area contributed by atoms with Crippen molar-refractivity contribution in [3.05, 3.63) is 83.0 Å². The Morgan fingerprint density at radius 2 is 1.72 bits per heavy atom. The maximum absolute atomic E-state index is 14.5. The van der Waals surface area contributed by atoms with Gasteiger partial charge in [-0.25, -0.2) is 28.3 Å². The largest absolute Gasteiger partial charge is 0.368 e. The molecule has 0 radical (unpaired) electrons. The normalized spacial score (nSPS) is 20.3. The summed E-state index contributed by atoms with van der Waals surface area (Å²) in [5.41, 5.74) is 6.55. The second-order valence-electron chi connectivity index (χ2n) is 11.7. The fourth-order valence-electron chi connectivity index (χ4n) is 6.07. The average molecular weight is 698 g/mol. The molecule has 16 heteroatoms. The zero-order valence-electron chi connectivity index (χ0n) is 25.3. The number of nitrogens with zero attached hydrogens (tertiary/aromatic N) is 6. The molecular formula is C31H30Cl2N8O5S. The molecule has 2 aliphatic heterocycles. The number of primary amides is 1. The quantitative estimate of drug-likeness (QED) is 0.268. The van der Waals surface area contributed by atoms with Crippen LogP contribution in [-0.4, -0.2) is 68.6 Å². The van der Waals surface area contributed by atoms with Crippen molar-refractivity contribution in [2.75, 3.05) is 11.4 Å². The number of fused-ring (bicyclic) bond motifs is 1. The van der Waals surface area contributed by atoms with Crippen LogP contribution < -0.4 is 16.0 Å². The van der Waals surface area contributed by atoms with Gasteiger partial charge < -0.3 is 11.1 Å². The standard InChI is InChI=1S/C31H30Cl2N8O5S/c1-18(27(34)42)38-28(43)25-4-3-9-39(25)47(45,46)26-16-37-30-40(24-11-22(32)10-23(33)12-24)29(44)31(2,41(26)30)13-19-5-7-20(8-6-19)21-14-35-17-36-15-21/h5-8,10-12,14-18,25H,3-4,9,13H2,1-2H3,(H2,34,42)(H,38,43). The van der Waals surface area contributed by atoms with Crippen molar-refractivity contribution < 1.29 is 22.8 Å². The Labute approximate surface area is 280 Å². The number of benzene rings is 2. The number of nitrogens with two attached hydrogens (primary N) is 1. The number of hydrogen-bond acceptors (Lipinski definition) is 8. The Morgan fingerprint density at radius 3 is 2.36 bits per heavy atom. The average Bonchev–Trinajstić information content (AvgIpc) is 3.75. The first-order valence-electron chi connectivity index (χ1n) is 14.7. The van der Waals surface area contributed by atoms with Gasteiger partial charge in [-0.2, -0.15) is 4.31 Å². The van der Waals surface area contributed by atoms with Crippen LogP contribution in [0.3, 0.4) is 0 Å². The van der Waals surface area contributed by atoms with E-state index in [1.54, 1.807) is 31.5 Å². The topological polar surface area (TPSA) is 173 Å². The number of carbonyl (C=O) groups excluding carboxylic acids is 3. The number of amides is 3. The minimum Gasteiger partial charge on any atom is -0.368 e. The summed E-state index contributed by atoms with van der Waals surface area (Å²) < 4.78 is 31.3. The van der Waals surface area contributed by atoms with Gasteiger partial charge in [-0.1, -0.05) is 47.5 Å². The number of rotatable bonds is 9. The molecule has 0 spiro atoms. The highest BCUT2D eigenvalue weighted by molar-refractivity contribution is 7.89. The van der Waals surface area contributed by atoms with Crippen LogP contribution in [0.5, 0.6) is 0 Å². The van der Waals surface area contributed by atoms with Crippen molar-refractivity contribution in [2.45, 2.75) is 55.8 Å². The predicted molar refractivity (Wildman–Crippen MR) is 174 cm³/mol. The number of nitrogens with one attached hydrogen (secondary N) is 1. The van der Waals surface area contributed by atoms with Gasteiger partial charge in [0.2, 0.25) is 17.8 Å². The highest BCUT2D eigenvalue weighted by atomic mass is 35.5. The van der Waals surface area contributed by atoms with E-state index in [0.717, 1.165) is 21.0 Å². The summed E-state index contributed by atoms with van der Waals surface area (Å²) in [6, 6.07) is 9.97. The maximum atomic E-state index is 14.5. The van der Waals surface area contributed by atoms with Gasteiger partial charge in [-0.05, 0) is 56.0 Å². The van der Waals surface area contributed by atoms with Gasteiger partial charge in [0, 0.05) is 41.0 Å².